The molecule has 0 spiro atoms. The first-order valence-corrected chi connectivity index (χ1v) is 6.13. The highest BCUT2D eigenvalue weighted by molar-refractivity contribution is 7.92. The van der Waals surface area contributed by atoms with Crippen molar-refractivity contribution in [2.45, 2.75) is 11.9 Å². The molecule has 0 saturated carbocycles. The van der Waals surface area contributed by atoms with Gasteiger partial charge in [0.05, 0.1) is 0 Å². The van der Waals surface area contributed by atoms with Gasteiger partial charge in [-0.1, -0.05) is 0 Å². The molecule has 0 aliphatic heterocycles. The highest BCUT2D eigenvalue weighted by atomic mass is 32.2. The number of pyridine rings is 1. The van der Waals surface area contributed by atoms with E-state index in [2.05, 4.69) is 19.9 Å². The molecule has 0 radical (unpaired) electrons. The van der Waals surface area contributed by atoms with Crippen LogP contribution in [0, 0.1) is 12.7 Å². The van der Waals surface area contributed by atoms with Gasteiger partial charge in [0.2, 0.25) is 5.03 Å². The van der Waals surface area contributed by atoms with Crippen LogP contribution in [0.3, 0.4) is 0 Å². The van der Waals surface area contributed by atoms with Crippen molar-refractivity contribution in [1.29, 1.82) is 0 Å². The van der Waals surface area contributed by atoms with Gasteiger partial charge >= 0.3 is 0 Å². The normalized spacial score (nSPS) is 11.4. The van der Waals surface area contributed by atoms with Crippen molar-refractivity contribution >= 4 is 15.8 Å². The lowest BCUT2D eigenvalue weighted by Gasteiger charge is -2.04. The SMILES string of the molecule is Cc1cc(NS(=O)(=O)c2ncccc2F)n[nH]1. The van der Waals surface area contributed by atoms with Crippen LogP contribution < -0.4 is 4.72 Å². The number of aromatic amines is 1. The number of aryl methyl sites for hydroxylation is 1. The molecular weight excluding hydrogens is 247 g/mol. The lowest BCUT2D eigenvalue weighted by molar-refractivity contribution is 0.556. The van der Waals surface area contributed by atoms with Gasteiger partial charge in [0.25, 0.3) is 10.0 Å². The lowest BCUT2D eigenvalue weighted by atomic mass is 10.5. The maximum absolute atomic E-state index is 13.3. The molecule has 0 aliphatic carbocycles. The molecule has 0 saturated heterocycles. The van der Waals surface area contributed by atoms with Crippen LogP contribution in [-0.4, -0.2) is 23.6 Å². The highest BCUT2D eigenvalue weighted by Crippen LogP contribution is 2.15. The van der Waals surface area contributed by atoms with Crippen molar-refractivity contribution in [2.24, 2.45) is 0 Å². The van der Waals surface area contributed by atoms with Crippen LogP contribution >= 0.6 is 0 Å². The van der Waals surface area contributed by atoms with Crippen molar-refractivity contribution in [3.05, 3.63) is 35.9 Å². The summed E-state index contributed by atoms with van der Waals surface area (Å²) >= 11 is 0. The van der Waals surface area contributed by atoms with Crippen molar-refractivity contribution < 1.29 is 12.8 Å². The second kappa shape index (κ2) is 4.13. The number of aromatic nitrogens is 3. The van der Waals surface area contributed by atoms with Crippen molar-refractivity contribution in [2.75, 3.05) is 4.72 Å². The standard InChI is InChI=1S/C9H9FN4O2S/c1-6-5-8(13-12-6)14-17(15,16)9-7(10)3-2-4-11-9/h2-5H,1H3,(H2,12,13,14). The second-order valence-corrected chi connectivity index (χ2v) is 4.93. The van der Waals surface area contributed by atoms with Crippen LogP contribution in [0.5, 0.6) is 0 Å². The average Bonchev–Trinajstić information content (AvgIpc) is 2.63. The predicted molar refractivity (Wildman–Crippen MR) is 58.3 cm³/mol. The third-order valence-corrected chi connectivity index (χ3v) is 3.21. The molecule has 2 rings (SSSR count). The minimum atomic E-state index is -4.05. The third-order valence-electron chi connectivity index (χ3n) is 1.92. The number of H-pyrrole nitrogens is 1. The van der Waals surface area contributed by atoms with Gasteiger partial charge < -0.3 is 0 Å². The molecule has 0 bridgehead atoms. The van der Waals surface area contributed by atoms with E-state index in [0.717, 1.165) is 6.07 Å². The number of nitrogens with one attached hydrogen (secondary N) is 2. The van der Waals surface area contributed by atoms with Gasteiger partial charge in [-0.25, -0.2) is 9.37 Å². The molecule has 90 valence electrons. The van der Waals surface area contributed by atoms with Gasteiger partial charge in [-0.3, -0.25) is 9.82 Å². The van der Waals surface area contributed by atoms with E-state index in [0.29, 0.717) is 5.69 Å². The topological polar surface area (TPSA) is 87.7 Å². The summed E-state index contributed by atoms with van der Waals surface area (Å²) in [5.41, 5.74) is 0.684. The first kappa shape index (κ1) is 11.5. The smallest absolute Gasteiger partial charge is 0.281 e. The maximum Gasteiger partial charge on any atom is 0.283 e. The number of sulfonamides is 1. The molecule has 17 heavy (non-hydrogen) atoms. The van der Waals surface area contributed by atoms with E-state index in [1.165, 1.54) is 18.3 Å². The van der Waals surface area contributed by atoms with Gasteiger partial charge in [0.15, 0.2) is 11.6 Å². The zero-order valence-corrected chi connectivity index (χ0v) is 9.62. The van der Waals surface area contributed by atoms with Gasteiger partial charge in [-0.2, -0.15) is 13.5 Å². The summed E-state index contributed by atoms with van der Waals surface area (Å²) in [6.45, 7) is 1.71. The Morgan fingerprint density at radius 3 is 2.82 bits per heavy atom. The molecule has 2 N–H and O–H groups in total. The van der Waals surface area contributed by atoms with Gasteiger partial charge in [0.1, 0.15) is 0 Å². The van der Waals surface area contributed by atoms with Crippen LogP contribution in [0.4, 0.5) is 10.2 Å². The largest absolute Gasteiger partial charge is 0.283 e. The molecule has 0 fully saturated rings. The highest BCUT2D eigenvalue weighted by Gasteiger charge is 2.21. The monoisotopic (exact) mass is 256 g/mol. The number of hydrogen-bond donors (Lipinski definition) is 2. The average molecular weight is 256 g/mol. The predicted octanol–water partition coefficient (Wildman–Crippen LogP) is 1.05. The Kier molecular flexibility index (Phi) is 2.80. The fourth-order valence-electron chi connectivity index (χ4n) is 1.23. The van der Waals surface area contributed by atoms with Crippen LogP contribution in [-0.2, 0) is 10.0 Å². The summed E-state index contributed by atoms with van der Waals surface area (Å²) in [5, 5.41) is 5.60. The number of hydrogen-bond acceptors (Lipinski definition) is 4. The molecule has 0 amide bonds. The quantitative estimate of drug-likeness (QED) is 0.859. The Bertz CT molecular complexity index is 638. The molecule has 2 aromatic rings. The zero-order valence-electron chi connectivity index (χ0n) is 8.81. The molecule has 6 nitrogen and oxygen atoms in total. The molecular formula is C9H9FN4O2S. The molecule has 0 atom stereocenters. The molecule has 2 heterocycles. The Balaban J connectivity index is 2.35. The zero-order chi connectivity index (χ0) is 12.5. The first-order valence-electron chi connectivity index (χ1n) is 4.64. The maximum atomic E-state index is 13.3. The van der Waals surface area contributed by atoms with E-state index in [4.69, 9.17) is 0 Å². The molecule has 8 heteroatoms. The molecule has 2 aromatic heterocycles. The van der Waals surface area contributed by atoms with E-state index in [1.807, 2.05) is 0 Å². The van der Waals surface area contributed by atoms with E-state index in [9.17, 15) is 12.8 Å². The number of halogens is 1. The Hall–Kier alpha value is -1.96. The van der Waals surface area contributed by atoms with Gasteiger partial charge in [0, 0.05) is 18.0 Å². The van der Waals surface area contributed by atoms with Crippen molar-refractivity contribution in [3.8, 4) is 0 Å². The molecule has 0 unspecified atom stereocenters. The van der Waals surface area contributed by atoms with Crippen LogP contribution in [0.15, 0.2) is 29.4 Å². The van der Waals surface area contributed by atoms with E-state index >= 15 is 0 Å². The summed E-state index contributed by atoms with van der Waals surface area (Å²) in [5.74, 6) is -0.820. The van der Waals surface area contributed by atoms with Crippen LogP contribution in [0.25, 0.3) is 0 Å². The number of nitrogens with zero attached hydrogens (tertiary/aromatic N) is 2. The van der Waals surface area contributed by atoms with Gasteiger partial charge in [-0.05, 0) is 19.1 Å². The first-order chi connectivity index (χ1) is 7.99. The van der Waals surface area contributed by atoms with Crippen molar-refractivity contribution in [3.63, 3.8) is 0 Å². The fourth-order valence-corrected chi connectivity index (χ4v) is 2.23. The van der Waals surface area contributed by atoms with Gasteiger partial charge in [-0.15, -0.1) is 0 Å². The number of rotatable bonds is 3. The summed E-state index contributed by atoms with van der Waals surface area (Å²) in [6, 6.07) is 3.82. The second-order valence-electron chi connectivity index (χ2n) is 3.33. The number of anilines is 1. The molecule has 0 aliphatic rings. The van der Waals surface area contributed by atoms with Crippen molar-refractivity contribution in [1.82, 2.24) is 15.2 Å². The summed E-state index contributed by atoms with van der Waals surface area (Å²) in [7, 11) is -4.05. The summed E-state index contributed by atoms with van der Waals surface area (Å²) < 4.78 is 38.9. The Labute approximate surface area is 96.9 Å². The summed E-state index contributed by atoms with van der Waals surface area (Å²) in [6.07, 6.45) is 1.20. The summed E-state index contributed by atoms with van der Waals surface area (Å²) in [4.78, 5) is 3.49. The minimum absolute atomic E-state index is 0.0903. The fraction of sp³-hybridized carbons (Fsp3) is 0.111. The Morgan fingerprint density at radius 1 is 1.47 bits per heavy atom. The third kappa shape index (κ3) is 2.41. The van der Waals surface area contributed by atoms with E-state index < -0.39 is 20.9 Å². The minimum Gasteiger partial charge on any atom is -0.281 e. The lowest BCUT2D eigenvalue weighted by Crippen LogP contribution is -2.16. The molecule has 0 aromatic carbocycles. The van der Waals surface area contributed by atoms with E-state index in [1.54, 1.807) is 6.92 Å². The Morgan fingerprint density at radius 2 is 2.24 bits per heavy atom. The van der Waals surface area contributed by atoms with Crippen LogP contribution in [0.2, 0.25) is 0 Å². The van der Waals surface area contributed by atoms with E-state index in [-0.39, 0.29) is 5.82 Å². The van der Waals surface area contributed by atoms with Crippen LogP contribution in [0.1, 0.15) is 5.69 Å².